The van der Waals surface area contributed by atoms with E-state index in [4.69, 9.17) is 0 Å². The number of halogens is 4. The van der Waals surface area contributed by atoms with Gasteiger partial charge in [-0.3, -0.25) is 0 Å². The van der Waals surface area contributed by atoms with Crippen molar-refractivity contribution in [2.75, 3.05) is 0 Å². The summed E-state index contributed by atoms with van der Waals surface area (Å²) in [7, 11) is 0. The van der Waals surface area contributed by atoms with Gasteiger partial charge in [-0.05, 0) is 156 Å². The smallest absolute Gasteiger partial charge is 0.0333 e. The molecule has 0 heterocycles. The Hall–Kier alpha value is -4.84. The molecule has 0 aromatic heterocycles. The third kappa shape index (κ3) is 7.05. The van der Waals surface area contributed by atoms with Gasteiger partial charge in [0, 0.05) is 17.9 Å². The summed E-state index contributed by atoms with van der Waals surface area (Å²) in [6.07, 6.45) is 0. The van der Waals surface area contributed by atoms with Crippen LogP contribution in [0, 0.1) is 0 Å². The van der Waals surface area contributed by atoms with Gasteiger partial charge in [-0.2, -0.15) is 0 Å². The van der Waals surface area contributed by atoms with Crippen molar-refractivity contribution in [2.24, 2.45) is 0 Å². The zero-order valence-corrected chi connectivity index (χ0v) is 36.3. The van der Waals surface area contributed by atoms with Gasteiger partial charge >= 0.3 is 0 Å². The Morgan fingerprint density at radius 3 is 0.893 bits per heavy atom. The van der Waals surface area contributed by atoms with Crippen molar-refractivity contribution in [1.29, 1.82) is 0 Å². The van der Waals surface area contributed by atoms with Gasteiger partial charge in [0.1, 0.15) is 0 Å². The highest BCUT2D eigenvalue weighted by molar-refractivity contribution is 9.11. The Kier molecular flexibility index (Phi) is 10.5. The fraction of sp³-hybridized carbons (Fsp3) is 0. The zero-order chi connectivity index (χ0) is 38.2. The fourth-order valence-corrected chi connectivity index (χ4v) is 9.82. The minimum absolute atomic E-state index is 1.09. The molecule has 0 aliphatic carbocycles. The van der Waals surface area contributed by atoms with Crippen molar-refractivity contribution in [3.8, 4) is 44.5 Å². The van der Waals surface area contributed by atoms with Gasteiger partial charge in [-0.15, -0.1) is 0 Å². The molecule has 268 valence electrons. The lowest BCUT2D eigenvalue weighted by molar-refractivity contribution is 1.63. The van der Waals surface area contributed by atoms with E-state index in [1.165, 1.54) is 87.6 Å². The molecule has 10 aromatic carbocycles. The molecule has 0 saturated carbocycles. The number of fused-ring (bicyclic) bond motifs is 4. The molecular formula is C52H32Br4. The van der Waals surface area contributed by atoms with Crippen LogP contribution in [0.4, 0.5) is 0 Å². The highest BCUT2D eigenvalue weighted by atomic mass is 79.9. The maximum absolute atomic E-state index is 3.88. The van der Waals surface area contributed by atoms with Crippen LogP contribution in [0.15, 0.2) is 212 Å². The summed E-state index contributed by atoms with van der Waals surface area (Å²) in [6, 6.07) is 68.9. The van der Waals surface area contributed by atoms with Crippen LogP contribution in [0.25, 0.3) is 87.6 Å². The lowest BCUT2D eigenvalue weighted by Gasteiger charge is -2.18. The predicted molar refractivity (Wildman–Crippen MR) is 255 cm³/mol. The largest absolute Gasteiger partial charge is 0.0622 e. The zero-order valence-electron chi connectivity index (χ0n) is 30.0. The number of hydrogen-bond donors (Lipinski definition) is 0. The van der Waals surface area contributed by atoms with Gasteiger partial charge in [-0.1, -0.05) is 190 Å². The second kappa shape index (κ2) is 16.0. The summed E-state index contributed by atoms with van der Waals surface area (Å²) in [5.41, 5.74) is 9.93. The van der Waals surface area contributed by atoms with Crippen molar-refractivity contribution >= 4 is 107 Å². The van der Waals surface area contributed by atoms with E-state index < -0.39 is 0 Å². The minimum Gasteiger partial charge on any atom is -0.0622 e. The van der Waals surface area contributed by atoms with Gasteiger partial charge in [0.15, 0.2) is 0 Å². The predicted octanol–water partition coefficient (Wildman–Crippen LogP) is 17.7. The van der Waals surface area contributed by atoms with E-state index in [1.807, 2.05) is 0 Å². The summed E-state index contributed by atoms with van der Waals surface area (Å²) in [4.78, 5) is 0. The van der Waals surface area contributed by atoms with Crippen LogP contribution in [-0.2, 0) is 0 Å². The first kappa shape index (κ1) is 36.8. The number of rotatable bonds is 4. The standard InChI is InChI=1S/2C26H16Br2/c27-19-12-14-22-23(15-19)25(17-7-3-1-4-8-17)21-13-11-20(28)16-24(21)26(22)18-9-5-2-6-10-18;27-25-22-14-12-20(18-9-5-2-6-10-18)16-24(22)26(28)21-13-11-19(15-23(21)25)17-7-3-1-4-8-17/h2*1-16H. The van der Waals surface area contributed by atoms with E-state index in [9.17, 15) is 0 Å². The van der Waals surface area contributed by atoms with E-state index in [-0.39, 0.29) is 0 Å². The summed E-state index contributed by atoms with van der Waals surface area (Å²) < 4.78 is 4.46. The molecule has 0 spiro atoms. The van der Waals surface area contributed by atoms with Crippen LogP contribution in [0.3, 0.4) is 0 Å². The molecule has 56 heavy (non-hydrogen) atoms. The lowest BCUT2D eigenvalue weighted by atomic mass is 9.86. The summed E-state index contributed by atoms with van der Waals surface area (Å²) in [5.74, 6) is 0. The maximum atomic E-state index is 3.88. The average Bonchev–Trinajstić information content (AvgIpc) is 3.26. The van der Waals surface area contributed by atoms with Crippen molar-refractivity contribution < 1.29 is 0 Å². The highest BCUT2D eigenvalue weighted by Gasteiger charge is 2.17. The third-order valence-corrected chi connectivity index (χ3v) is 13.1. The van der Waals surface area contributed by atoms with Crippen LogP contribution in [0.2, 0.25) is 0 Å². The van der Waals surface area contributed by atoms with E-state index in [0.717, 1.165) is 17.9 Å². The second-order valence-corrected chi connectivity index (χ2v) is 17.2. The second-order valence-electron chi connectivity index (χ2n) is 13.7. The Morgan fingerprint density at radius 1 is 0.214 bits per heavy atom. The highest BCUT2D eigenvalue weighted by Crippen LogP contribution is 2.45. The quantitative estimate of drug-likeness (QED) is 0.154. The van der Waals surface area contributed by atoms with E-state index in [2.05, 4.69) is 258 Å². The molecule has 10 rings (SSSR count). The molecule has 0 unspecified atom stereocenters. The molecule has 0 nitrogen and oxygen atoms in total. The van der Waals surface area contributed by atoms with E-state index >= 15 is 0 Å². The molecule has 4 heteroatoms. The first-order valence-electron chi connectivity index (χ1n) is 18.4. The maximum Gasteiger partial charge on any atom is 0.0333 e. The van der Waals surface area contributed by atoms with Crippen molar-refractivity contribution in [1.82, 2.24) is 0 Å². The molecule has 0 N–H and O–H groups in total. The molecule has 0 aliphatic rings. The van der Waals surface area contributed by atoms with Gasteiger partial charge in [0.05, 0.1) is 0 Å². The van der Waals surface area contributed by atoms with Crippen LogP contribution >= 0.6 is 63.7 Å². The van der Waals surface area contributed by atoms with E-state index in [0.29, 0.717) is 0 Å². The Labute approximate surface area is 360 Å². The summed E-state index contributed by atoms with van der Waals surface area (Å²) >= 11 is 15.1. The first-order valence-corrected chi connectivity index (χ1v) is 21.5. The van der Waals surface area contributed by atoms with Crippen molar-refractivity contribution in [3.05, 3.63) is 212 Å². The molecule has 0 bridgehead atoms. The monoisotopic (exact) mass is 972 g/mol. The molecule has 10 aromatic rings. The lowest BCUT2D eigenvalue weighted by Crippen LogP contribution is -1.91. The molecule has 0 amide bonds. The summed E-state index contributed by atoms with van der Waals surface area (Å²) in [6.45, 7) is 0. The fourth-order valence-electron chi connectivity index (χ4n) is 7.75. The van der Waals surface area contributed by atoms with Crippen LogP contribution in [0.1, 0.15) is 0 Å². The minimum atomic E-state index is 1.09. The average molecular weight is 976 g/mol. The van der Waals surface area contributed by atoms with Crippen molar-refractivity contribution in [2.45, 2.75) is 0 Å². The topological polar surface area (TPSA) is 0 Å². The van der Waals surface area contributed by atoms with Crippen LogP contribution in [-0.4, -0.2) is 0 Å². The van der Waals surface area contributed by atoms with Crippen molar-refractivity contribution in [3.63, 3.8) is 0 Å². The van der Waals surface area contributed by atoms with E-state index in [1.54, 1.807) is 0 Å². The van der Waals surface area contributed by atoms with Gasteiger partial charge in [0.25, 0.3) is 0 Å². The first-order chi connectivity index (χ1) is 27.4. The third-order valence-electron chi connectivity index (χ3n) is 10.4. The van der Waals surface area contributed by atoms with Crippen LogP contribution < -0.4 is 0 Å². The number of hydrogen-bond acceptors (Lipinski definition) is 0. The van der Waals surface area contributed by atoms with Gasteiger partial charge in [0.2, 0.25) is 0 Å². The SMILES string of the molecule is Brc1c2ccc(-c3ccccc3)cc2c(Br)c2ccc(-c3ccccc3)cc12.Brc1ccc2c(-c3ccccc3)c3cc(Br)ccc3c(-c3ccccc3)c2c1. The molecule has 0 radical (unpaired) electrons. The van der Waals surface area contributed by atoms with Gasteiger partial charge < -0.3 is 0 Å². The Bertz CT molecular complexity index is 2820. The molecule has 0 saturated heterocycles. The Balaban J connectivity index is 0.000000146. The normalized spacial score (nSPS) is 11.2. The van der Waals surface area contributed by atoms with Gasteiger partial charge in [-0.25, -0.2) is 0 Å². The molecule has 0 atom stereocenters. The molecule has 0 aliphatic heterocycles. The molecule has 0 fully saturated rings. The Morgan fingerprint density at radius 2 is 0.536 bits per heavy atom. The molecular weight excluding hydrogens is 944 g/mol. The summed E-state index contributed by atoms with van der Waals surface area (Å²) in [5, 5.41) is 9.90. The number of benzene rings is 10. The van der Waals surface area contributed by atoms with Crippen LogP contribution in [0.5, 0.6) is 0 Å².